The molecule has 1 aliphatic heterocycles. The van der Waals surface area contributed by atoms with Crippen LogP contribution in [-0.4, -0.2) is 12.3 Å². The molecule has 3 rings (SSSR count). The molecule has 0 atom stereocenters. The van der Waals surface area contributed by atoms with Crippen molar-refractivity contribution in [2.75, 3.05) is 6.54 Å². The predicted molar refractivity (Wildman–Crippen MR) is 67.9 cm³/mol. The van der Waals surface area contributed by atoms with E-state index in [0.717, 1.165) is 19.4 Å². The Balaban J connectivity index is 2.05. The topological polar surface area (TPSA) is 12.4 Å². The van der Waals surface area contributed by atoms with Gasteiger partial charge in [0.1, 0.15) is 0 Å². The van der Waals surface area contributed by atoms with Gasteiger partial charge >= 0.3 is 0 Å². The second kappa shape index (κ2) is 4.09. The standard InChI is InChI=1S/C15H15N/c1-2-7-13(8-3-1)15-14-9-5-4-6-12(14)10-11-16-15/h1-3,6-9H,4-5,10-11H2. The average Bonchev–Trinajstić information content (AvgIpc) is 2.39. The quantitative estimate of drug-likeness (QED) is 0.671. The van der Waals surface area contributed by atoms with Crippen molar-refractivity contribution in [3.05, 3.63) is 59.2 Å². The van der Waals surface area contributed by atoms with Crippen molar-refractivity contribution in [2.45, 2.75) is 19.3 Å². The molecule has 1 aromatic rings. The molecule has 0 radical (unpaired) electrons. The van der Waals surface area contributed by atoms with Gasteiger partial charge in [0.05, 0.1) is 5.71 Å². The monoisotopic (exact) mass is 209 g/mol. The van der Waals surface area contributed by atoms with Crippen molar-refractivity contribution in [1.82, 2.24) is 0 Å². The minimum Gasteiger partial charge on any atom is -0.284 e. The predicted octanol–water partition coefficient (Wildman–Crippen LogP) is 3.53. The molecule has 0 spiro atoms. The van der Waals surface area contributed by atoms with Crippen molar-refractivity contribution in [2.24, 2.45) is 4.99 Å². The molecular formula is C15H15N. The number of benzene rings is 1. The number of fused-ring (bicyclic) bond motifs is 1. The van der Waals surface area contributed by atoms with Gasteiger partial charge in [-0.1, -0.05) is 42.5 Å². The van der Waals surface area contributed by atoms with Crippen molar-refractivity contribution in [3.63, 3.8) is 0 Å². The van der Waals surface area contributed by atoms with Crippen LogP contribution in [0.1, 0.15) is 24.8 Å². The van der Waals surface area contributed by atoms with Crippen LogP contribution in [0.2, 0.25) is 0 Å². The second-order valence-electron chi connectivity index (χ2n) is 4.27. The summed E-state index contributed by atoms with van der Waals surface area (Å²) in [6.45, 7) is 0.938. The van der Waals surface area contributed by atoms with E-state index in [1.54, 1.807) is 0 Å². The van der Waals surface area contributed by atoms with Crippen LogP contribution in [0.25, 0.3) is 0 Å². The molecule has 16 heavy (non-hydrogen) atoms. The Kier molecular flexibility index (Phi) is 2.45. The van der Waals surface area contributed by atoms with E-state index in [1.165, 1.54) is 28.8 Å². The van der Waals surface area contributed by atoms with E-state index in [4.69, 9.17) is 4.99 Å². The van der Waals surface area contributed by atoms with Crippen LogP contribution >= 0.6 is 0 Å². The van der Waals surface area contributed by atoms with E-state index in [1.807, 2.05) is 0 Å². The maximum Gasteiger partial charge on any atom is 0.0718 e. The fraction of sp³-hybridized carbons (Fsp3) is 0.267. The number of nitrogens with zero attached hydrogens (tertiary/aromatic N) is 1. The number of rotatable bonds is 1. The maximum atomic E-state index is 4.69. The molecule has 0 N–H and O–H groups in total. The Morgan fingerprint density at radius 3 is 2.62 bits per heavy atom. The number of aliphatic imine (C=N–C) groups is 1. The minimum atomic E-state index is 0.938. The van der Waals surface area contributed by atoms with Crippen molar-refractivity contribution in [3.8, 4) is 0 Å². The van der Waals surface area contributed by atoms with E-state index in [0.29, 0.717) is 0 Å². The lowest BCUT2D eigenvalue weighted by Crippen LogP contribution is -2.15. The molecular weight excluding hydrogens is 194 g/mol. The second-order valence-corrected chi connectivity index (χ2v) is 4.27. The van der Waals surface area contributed by atoms with Crippen molar-refractivity contribution in [1.29, 1.82) is 0 Å². The number of hydrogen-bond acceptors (Lipinski definition) is 1. The molecule has 1 heteroatoms. The Labute approximate surface area is 96.2 Å². The highest BCUT2D eigenvalue weighted by Gasteiger charge is 2.19. The fourth-order valence-electron chi connectivity index (χ4n) is 2.43. The van der Waals surface area contributed by atoms with E-state index in [9.17, 15) is 0 Å². The Hall–Kier alpha value is -1.63. The molecule has 1 heterocycles. The molecule has 0 aromatic heterocycles. The zero-order valence-corrected chi connectivity index (χ0v) is 9.32. The molecule has 1 aromatic carbocycles. The summed E-state index contributed by atoms with van der Waals surface area (Å²) in [5, 5.41) is 0. The van der Waals surface area contributed by atoms with Crippen molar-refractivity contribution >= 4 is 5.71 Å². The summed E-state index contributed by atoms with van der Waals surface area (Å²) in [4.78, 5) is 4.69. The van der Waals surface area contributed by atoms with Gasteiger partial charge in [-0.25, -0.2) is 0 Å². The van der Waals surface area contributed by atoms with Gasteiger partial charge in [0.2, 0.25) is 0 Å². The van der Waals surface area contributed by atoms with Crippen LogP contribution < -0.4 is 0 Å². The third-order valence-electron chi connectivity index (χ3n) is 3.21. The Morgan fingerprint density at radius 2 is 1.75 bits per heavy atom. The molecule has 0 saturated carbocycles. The number of allylic oxidation sites excluding steroid dienone is 3. The van der Waals surface area contributed by atoms with Crippen LogP contribution in [0, 0.1) is 0 Å². The van der Waals surface area contributed by atoms with Crippen LogP contribution in [0.4, 0.5) is 0 Å². The highest BCUT2D eigenvalue weighted by atomic mass is 14.8. The van der Waals surface area contributed by atoms with Gasteiger partial charge in [-0.2, -0.15) is 0 Å². The minimum absolute atomic E-state index is 0.938. The summed E-state index contributed by atoms with van der Waals surface area (Å²) in [6.07, 6.45) is 8.20. The van der Waals surface area contributed by atoms with E-state index in [-0.39, 0.29) is 0 Å². The third kappa shape index (κ3) is 1.63. The lowest BCUT2D eigenvalue weighted by atomic mass is 9.87. The molecule has 0 saturated heterocycles. The summed E-state index contributed by atoms with van der Waals surface area (Å²) in [6, 6.07) is 10.5. The molecule has 0 fully saturated rings. The highest BCUT2D eigenvalue weighted by molar-refractivity contribution is 6.15. The first kappa shape index (κ1) is 9.59. The summed E-state index contributed by atoms with van der Waals surface area (Å²) in [5.41, 5.74) is 5.32. The lowest BCUT2D eigenvalue weighted by Gasteiger charge is -2.22. The summed E-state index contributed by atoms with van der Waals surface area (Å²) >= 11 is 0. The first-order chi connectivity index (χ1) is 7.95. The van der Waals surface area contributed by atoms with E-state index < -0.39 is 0 Å². The van der Waals surface area contributed by atoms with Crippen LogP contribution in [-0.2, 0) is 0 Å². The Bertz CT molecular complexity index is 477. The normalized spacial score (nSPS) is 19.4. The molecule has 1 aliphatic carbocycles. The fourth-order valence-corrected chi connectivity index (χ4v) is 2.43. The van der Waals surface area contributed by atoms with Gasteiger partial charge in [-0.05, 0) is 30.4 Å². The van der Waals surface area contributed by atoms with E-state index >= 15 is 0 Å². The van der Waals surface area contributed by atoms with E-state index in [2.05, 4.69) is 42.5 Å². The van der Waals surface area contributed by atoms with Gasteiger partial charge in [0.25, 0.3) is 0 Å². The van der Waals surface area contributed by atoms with Gasteiger partial charge in [-0.15, -0.1) is 0 Å². The average molecular weight is 209 g/mol. The van der Waals surface area contributed by atoms with Crippen molar-refractivity contribution < 1.29 is 0 Å². The summed E-state index contributed by atoms with van der Waals surface area (Å²) in [5.74, 6) is 0. The highest BCUT2D eigenvalue weighted by Crippen LogP contribution is 2.28. The molecule has 80 valence electrons. The first-order valence-electron chi connectivity index (χ1n) is 5.95. The molecule has 2 aliphatic rings. The SMILES string of the molecule is C1=C2CCN=C(c3ccccc3)C2=CCC1. The summed E-state index contributed by atoms with van der Waals surface area (Å²) in [7, 11) is 0. The summed E-state index contributed by atoms with van der Waals surface area (Å²) < 4.78 is 0. The van der Waals surface area contributed by atoms with Crippen LogP contribution in [0.15, 0.2) is 58.6 Å². The smallest absolute Gasteiger partial charge is 0.0718 e. The Morgan fingerprint density at radius 1 is 0.938 bits per heavy atom. The zero-order chi connectivity index (χ0) is 10.8. The molecule has 0 bridgehead atoms. The largest absolute Gasteiger partial charge is 0.284 e. The molecule has 1 nitrogen and oxygen atoms in total. The molecule has 0 unspecified atom stereocenters. The maximum absolute atomic E-state index is 4.69. The van der Waals surface area contributed by atoms with Crippen LogP contribution in [0.3, 0.4) is 0 Å². The van der Waals surface area contributed by atoms with Gasteiger partial charge in [0.15, 0.2) is 0 Å². The molecule has 0 amide bonds. The number of hydrogen-bond donors (Lipinski definition) is 0. The zero-order valence-electron chi connectivity index (χ0n) is 9.32. The van der Waals surface area contributed by atoms with Gasteiger partial charge in [0, 0.05) is 12.1 Å². The van der Waals surface area contributed by atoms with Crippen LogP contribution in [0.5, 0.6) is 0 Å². The first-order valence-corrected chi connectivity index (χ1v) is 5.95. The van der Waals surface area contributed by atoms with Gasteiger partial charge < -0.3 is 0 Å². The van der Waals surface area contributed by atoms with Gasteiger partial charge in [-0.3, -0.25) is 4.99 Å². The third-order valence-corrected chi connectivity index (χ3v) is 3.21. The lowest BCUT2D eigenvalue weighted by molar-refractivity contribution is 0.894.